The highest BCUT2D eigenvalue weighted by Gasteiger charge is 2.04. The Morgan fingerprint density at radius 1 is 1.19 bits per heavy atom. The average Bonchev–Trinajstić information content (AvgIpc) is 2.29. The van der Waals surface area contributed by atoms with Gasteiger partial charge in [0.2, 0.25) is 0 Å². The van der Waals surface area contributed by atoms with Gasteiger partial charge in [-0.2, -0.15) is 0 Å². The predicted molar refractivity (Wildman–Crippen MR) is 62.2 cm³/mol. The highest BCUT2D eigenvalue weighted by molar-refractivity contribution is 5.35. The number of nitrogens with zero attached hydrogens (tertiary/aromatic N) is 1. The fourth-order valence-corrected chi connectivity index (χ4v) is 1.45. The van der Waals surface area contributed by atoms with Gasteiger partial charge in [-0.1, -0.05) is 18.2 Å². The molecule has 82 valence electrons. The molecule has 0 atom stereocenters. The molecule has 0 aliphatic carbocycles. The SMILES string of the molecule is CNc1cc(=O)n(-c2ccccc2)c(=O)[nH]1. The third-order valence-electron chi connectivity index (χ3n) is 2.22. The second-order valence-corrected chi connectivity index (χ2v) is 3.25. The van der Waals surface area contributed by atoms with Crippen molar-refractivity contribution in [1.82, 2.24) is 9.55 Å². The Balaban J connectivity index is 2.68. The molecule has 0 aliphatic rings. The van der Waals surface area contributed by atoms with Crippen LogP contribution in [0.25, 0.3) is 5.69 Å². The molecule has 5 nitrogen and oxygen atoms in total. The lowest BCUT2D eigenvalue weighted by molar-refractivity contribution is 0.878. The van der Waals surface area contributed by atoms with Crippen LogP contribution in [0.2, 0.25) is 0 Å². The van der Waals surface area contributed by atoms with E-state index in [2.05, 4.69) is 10.3 Å². The Morgan fingerprint density at radius 3 is 2.44 bits per heavy atom. The van der Waals surface area contributed by atoms with Crippen molar-refractivity contribution < 1.29 is 0 Å². The van der Waals surface area contributed by atoms with E-state index in [4.69, 9.17) is 0 Å². The lowest BCUT2D eigenvalue weighted by Crippen LogP contribution is -2.33. The van der Waals surface area contributed by atoms with Crippen LogP contribution in [-0.2, 0) is 0 Å². The van der Waals surface area contributed by atoms with E-state index in [1.807, 2.05) is 6.07 Å². The molecule has 0 saturated heterocycles. The Hall–Kier alpha value is -2.30. The molecule has 0 spiro atoms. The lowest BCUT2D eigenvalue weighted by atomic mass is 10.3. The first kappa shape index (κ1) is 10.2. The van der Waals surface area contributed by atoms with Crippen LogP contribution in [0.5, 0.6) is 0 Å². The smallest absolute Gasteiger partial charge is 0.334 e. The number of anilines is 1. The number of aromatic nitrogens is 2. The summed E-state index contributed by atoms with van der Waals surface area (Å²) < 4.78 is 1.08. The highest BCUT2D eigenvalue weighted by Crippen LogP contribution is 2.01. The standard InChI is InChI=1S/C11H11N3O2/c1-12-9-7-10(15)14(11(16)13-9)8-5-3-2-4-6-8/h2-7,12H,1H3,(H,13,16). The first-order valence-corrected chi connectivity index (χ1v) is 4.82. The van der Waals surface area contributed by atoms with E-state index in [0.717, 1.165) is 4.57 Å². The molecule has 0 unspecified atom stereocenters. The molecule has 5 heteroatoms. The number of para-hydroxylation sites is 1. The van der Waals surface area contributed by atoms with Crippen molar-refractivity contribution in [3.05, 3.63) is 57.2 Å². The number of hydrogen-bond donors (Lipinski definition) is 2. The molecular formula is C11H11N3O2. The fraction of sp³-hybridized carbons (Fsp3) is 0.0909. The van der Waals surface area contributed by atoms with Gasteiger partial charge in [-0.3, -0.25) is 9.78 Å². The Kier molecular flexibility index (Phi) is 2.59. The van der Waals surface area contributed by atoms with Crippen molar-refractivity contribution in [2.24, 2.45) is 0 Å². The van der Waals surface area contributed by atoms with E-state index in [1.165, 1.54) is 6.07 Å². The van der Waals surface area contributed by atoms with Crippen molar-refractivity contribution in [3.8, 4) is 5.69 Å². The maximum absolute atomic E-state index is 11.7. The van der Waals surface area contributed by atoms with Crippen molar-refractivity contribution >= 4 is 5.82 Å². The number of H-pyrrole nitrogens is 1. The van der Waals surface area contributed by atoms with Gasteiger partial charge in [-0.25, -0.2) is 9.36 Å². The molecule has 2 N–H and O–H groups in total. The molecule has 2 aromatic rings. The van der Waals surface area contributed by atoms with Crippen LogP contribution in [-0.4, -0.2) is 16.6 Å². The van der Waals surface area contributed by atoms with Crippen LogP contribution in [0, 0.1) is 0 Å². The van der Waals surface area contributed by atoms with Gasteiger partial charge < -0.3 is 5.32 Å². The summed E-state index contributed by atoms with van der Waals surface area (Å²) in [6, 6.07) is 10.1. The minimum atomic E-state index is -0.456. The largest absolute Gasteiger partial charge is 0.374 e. The molecule has 0 radical (unpaired) electrons. The van der Waals surface area contributed by atoms with E-state index >= 15 is 0 Å². The molecule has 0 saturated carbocycles. The van der Waals surface area contributed by atoms with Crippen LogP contribution in [0.4, 0.5) is 5.82 Å². The van der Waals surface area contributed by atoms with Gasteiger partial charge in [-0.05, 0) is 12.1 Å². The highest BCUT2D eigenvalue weighted by atomic mass is 16.2. The predicted octanol–water partition coefficient (Wildman–Crippen LogP) is 0.568. The van der Waals surface area contributed by atoms with E-state index < -0.39 is 5.69 Å². The summed E-state index contributed by atoms with van der Waals surface area (Å²) in [5, 5.41) is 2.72. The number of hydrogen-bond acceptors (Lipinski definition) is 3. The lowest BCUT2D eigenvalue weighted by Gasteiger charge is -2.05. The zero-order valence-electron chi connectivity index (χ0n) is 8.73. The molecule has 1 heterocycles. The van der Waals surface area contributed by atoms with Gasteiger partial charge in [0.05, 0.1) is 5.69 Å². The summed E-state index contributed by atoms with van der Waals surface area (Å²) in [5.41, 5.74) is -0.265. The van der Waals surface area contributed by atoms with Crippen LogP contribution >= 0.6 is 0 Å². The summed E-state index contributed by atoms with van der Waals surface area (Å²) in [4.78, 5) is 26.0. The van der Waals surface area contributed by atoms with Crippen molar-refractivity contribution in [2.75, 3.05) is 12.4 Å². The molecule has 0 aliphatic heterocycles. The fourth-order valence-electron chi connectivity index (χ4n) is 1.45. The monoisotopic (exact) mass is 217 g/mol. The van der Waals surface area contributed by atoms with Gasteiger partial charge in [0, 0.05) is 13.1 Å². The van der Waals surface area contributed by atoms with E-state index in [9.17, 15) is 9.59 Å². The number of benzene rings is 1. The zero-order chi connectivity index (χ0) is 11.5. The first-order chi connectivity index (χ1) is 7.72. The molecule has 1 aromatic carbocycles. The normalized spacial score (nSPS) is 10.1. The van der Waals surface area contributed by atoms with Crippen molar-refractivity contribution in [1.29, 1.82) is 0 Å². The molecule has 0 fully saturated rings. The molecule has 16 heavy (non-hydrogen) atoms. The Morgan fingerprint density at radius 2 is 1.88 bits per heavy atom. The first-order valence-electron chi connectivity index (χ1n) is 4.82. The minimum absolute atomic E-state index is 0.362. The third-order valence-corrected chi connectivity index (χ3v) is 2.22. The molecular weight excluding hydrogens is 206 g/mol. The third kappa shape index (κ3) is 1.75. The van der Waals surface area contributed by atoms with E-state index in [0.29, 0.717) is 11.5 Å². The molecule has 0 bridgehead atoms. The van der Waals surface area contributed by atoms with E-state index in [1.54, 1.807) is 31.3 Å². The van der Waals surface area contributed by atoms with Crippen LogP contribution < -0.4 is 16.6 Å². The number of aromatic amines is 1. The summed E-state index contributed by atoms with van der Waals surface area (Å²) in [5.74, 6) is 0.405. The quantitative estimate of drug-likeness (QED) is 0.772. The van der Waals surface area contributed by atoms with Gasteiger partial charge in [0.15, 0.2) is 0 Å². The summed E-state index contributed by atoms with van der Waals surface area (Å²) in [6.07, 6.45) is 0. The Labute approximate surface area is 91.4 Å². The maximum Gasteiger partial charge on any atom is 0.334 e. The summed E-state index contributed by atoms with van der Waals surface area (Å²) >= 11 is 0. The van der Waals surface area contributed by atoms with Crippen LogP contribution in [0.15, 0.2) is 46.0 Å². The van der Waals surface area contributed by atoms with Crippen molar-refractivity contribution in [2.45, 2.75) is 0 Å². The van der Waals surface area contributed by atoms with Gasteiger partial charge >= 0.3 is 5.69 Å². The molecule has 2 rings (SSSR count). The van der Waals surface area contributed by atoms with Gasteiger partial charge in [0.25, 0.3) is 5.56 Å². The second kappa shape index (κ2) is 4.06. The molecule has 1 aromatic heterocycles. The number of nitrogens with one attached hydrogen (secondary N) is 2. The van der Waals surface area contributed by atoms with Crippen LogP contribution in [0.3, 0.4) is 0 Å². The second-order valence-electron chi connectivity index (χ2n) is 3.25. The van der Waals surface area contributed by atoms with Gasteiger partial charge in [-0.15, -0.1) is 0 Å². The average molecular weight is 217 g/mol. The van der Waals surface area contributed by atoms with Crippen molar-refractivity contribution in [3.63, 3.8) is 0 Å². The maximum atomic E-state index is 11.7. The zero-order valence-corrected chi connectivity index (χ0v) is 8.73. The van der Waals surface area contributed by atoms with Crippen LogP contribution in [0.1, 0.15) is 0 Å². The van der Waals surface area contributed by atoms with Gasteiger partial charge in [0.1, 0.15) is 5.82 Å². The summed E-state index contributed by atoms with van der Waals surface area (Å²) in [6.45, 7) is 0. The summed E-state index contributed by atoms with van der Waals surface area (Å²) in [7, 11) is 1.64. The van der Waals surface area contributed by atoms with E-state index in [-0.39, 0.29) is 5.56 Å². The minimum Gasteiger partial charge on any atom is -0.374 e. The Bertz CT molecular complexity index is 567. The topological polar surface area (TPSA) is 66.9 Å². The molecule has 0 amide bonds. The number of rotatable bonds is 2.